The van der Waals surface area contributed by atoms with Gasteiger partial charge in [-0.15, -0.1) is 0 Å². The zero-order valence-electron chi connectivity index (χ0n) is 23.6. The molecule has 4 rings (SSSR count). The number of rotatable bonds is 3. The Kier molecular flexibility index (Phi) is 16.6. The number of aliphatic hydroxyl groups is 2. The first-order valence-corrected chi connectivity index (χ1v) is 15.0. The summed E-state index contributed by atoms with van der Waals surface area (Å²) in [5.41, 5.74) is 0.961. The Labute approximate surface area is 250 Å². The highest BCUT2D eigenvalue weighted by Gasteiger charge is 2.33. The second-order valence-corrected chi connectivity index (χ2v) is 11.8. The SMILES string of the molecule is Brc1ccccc1.CC1(O)CCN(C=O)CC1.CCO.CCOC(=O)N1CCC(C)(c2ccc(Br)cc2)CC1. The van der Waals surface area contributed by atoms with Crippen molar-refractivity contribution in [3.8, 4) is 0 Å². The van der Waals surface area contributed by atoms with Gasteiger partial charge in [-0.2, -0.15) is 0 Å². The van der Waals surface area contributed by atoms with Gasteiger partial charge in [0.1, 0.15) is 0 Å². The number of halogens is 2. The predicted octanol–water partition coefficient (Wildman–Crippen LogP) is 6.40. The van der Waals surface area contributed by atoms with Crippen LogP contribution in [-0.2, 0) is 14.9 Å². The molecule has 2 aromatic rings. The van der Waals surface area contributed by atoms with E-state index in [-0.39, 0.29) is 18.1 Å². The van der Waals surface area contributed by atoms with Crippen molar-refractivity contribution in [2.24, 2.45) is 0 Å². The van der Waals surface area contributed by atoms with E-state index in [1.807, 2.05) is 49.1 Å². The third-order valence-corrected chi connectivity index (χ3v) is 7.75. The maximum atomic E-state index is 11.7. The van der Waals surface area contributed by atoms with Gasteiger partial charge in [-0.3, -0.25) is 4.79 Å². The van der Waals surface area contributed by atoms with E-state index >= 15 is 0 Å². The molecule has 2 aliphatic rings. The molecule has 2 fully saturated rings. The van der Waals surface area contributed by atoms with Crippen LogP contribution in [-0.4, -0.2) is 77.5 Å². The van der Waals surface area contributed by atoms with Crippen LogP contribution in [0, 0.1) is 0 Å². The number of nitrogens with zero attached hydrogens (tertiary/aromatic N) is 2. The molecule has 0 aliphatic carbocycles. The molecule has 39 heavy (non-hydrogen) atoms. The van der Waals surface area contributed by atoms with Crippen molar-refractivity contribution in [2.75, 3.05) is 39.4 Å². The lowest BCUT2D eigenvalue weighted by atomic mass is 9.75. The summed E-state index contributed by atoms with van der Waals surface area (Å²) < 4.78 is 7.29. The summed E-state index contributed by atoms with van der Waals surface area (Å²) in [5.74, 6) is 0. The number of amides is 2. The van der Waals surface area contributed by atoms with E-state index in [0.717, 1.165) is 41.3 Å². The summed E-state index contributed by atoms with van der Waals surface area (Å²) in [6.45, 7) is 11.2. The fourth-order valence-electron chi connectivity index (χ4n) is 4.06. The highest BCUT2D eigenvalue weighted by molar-refractivity contribution is 9.10. The van der Waals surface area contributed by atoms with E-state index in [1.165, 1.54) is 5.56 Å². The lowest BCUT2D eigenvalue weighted by Gasteiger charge is -2.39. The van der Waals surface area contributed by atoms with E-state index in [1.54, 1.807) is 11.8 Å². The van der Waals surface area contributed by atoms with Crippen LogP contribution in [0.2, 0.25) is 0 Å². The first-order chi connectivity index (χ1) is 18.5. The summed E-state index contributed by atoms with van der Waals surface area (Å²) in [4.78, 5) is 25.4. The van der Waals surface area contributed by atoms with Gasteiger partial charge in [-0.25, -0.2) is 4.79 Å². The fraction of sp³-hybridized carbons (Fsp3) is 0.533. The lowest BCUT2D eigenvalue weighted by Crippen LogP contribution is -2.44. The third-order valence-electron chi connectivity index (χ3n) is 6.69. The Morgan fingerprint density at radius 2 is 1.38 bits per heavy atom. The van der Waals surface area contributed by atoms with Gasteiger partial charge in [-0.05, 0) is 81.7 Å². The molecule has 2 saturated heterocycles. The molecule has 0 radical (unpaired) electrons. The molecule has 0 unspecified atom stereocenters. The maximum Gasteiger partial charge on any atom is 0.409 e. The summed E-state index contributed by atoms with van der Waals surface area (Å²) in [5, 5.41) is 17.0. The quantitative estimate of drug-likeness (QED) is 0.369. The van der Waals surface area contributed by atoms with Gasteiger partial charge in [0, 0.05) is 41.7 Å². The summed E-state index contributed by atoms with van der Waals surface area (Å²) in [6.07, 6.45) is 4.02. The Balaban J connectivity index is 0.000000316. The van der Waals surface area contributed by atoms with Crippen LogP contribution in [0.25, 0.3) is 0 Å². The molecule has 2 N–H and O–H groups in total. The second-order valence-electron chi connectivity index (χ2n) is 10.0. The van der Waals surface area contributed by atoms with Gasteiger partial charge >= 0.3 is 6.09 Å². The third kappa shape index (κ3) is 13.8. The van der Waals surface area contributed by atoms with Crippen molar-refractivity contribution < 1.29 is 24.5 Å². The predicted molar refractivity (Wildman–Crippen MR) is 164 cm³/mol. The average Bonchev–Trinajstić information content (AvgIpc) is 2.91. The molecular weight excluding hydrogens is 628 g/mol. The van der Waals surface area contributed by atoms with Gasteiger partial charge < -0.3 is 24.7 Å². The van der Waals surface area contributed by atoms with E-state index < -0.39 is 5.60 Å². The normalized spacial score (nSPS) is 17.1. The van der Waals surface area contributed by atoms with Crippen LogP contribution in [0.1, 0.15) is 58.9 Å². The van der Waals surface area contributed by atoms with Crippen molar-refractivity contribution >= 4 is 44.4 Å². The van der Waals surface area contributed by atoms with Crippen LogP contribution < -0.4 is 0 Å². The number of hydrogen-bond donors (Lipinski definition) is 2. The van der Waals surface area contributed by atoms with Crippen molar-refractivity contribution in [2.45, 2.75) is 64.4 Å². The number of piperidine rings is 2. The zero-order chi connectivity index (χ0) is 29.3. The van der Waals surface area contributed by atoms with Crippen molar-refractivity contribution in [3.05, 3.63) is 69.1 Å². The minimum atomic E-state index is -0.542. The van der Waals surface area contributed by atoms with Crippen LogP contribution >= 0.6 is 31.9 Å². The summed E-state index contributed by atoms with van der Waals surface area (Å²) >= 11 is 6.77. The van der Waals surface area contributed by atoms with Crippen LogP contribution in [0.5, 0.6) is 0 Å². The number of ether oxygens (including phenoxy) is 1. The van der Waals surface area contributed by atoms with Crippen molar-refractivity contribution in [3.63, 3.8) is 0 Å². The van der Waals surface area contributed by atoms with Crippen LogP contribution in [0.15, 0.2) is 63.5 Å². The molecular formula is C30H44Br2N2O5. The number of benzene rings is 2. The highest BCUT2D eigenvalue weighted by atomic mass is 79.9. The smallest absolute Gasteiger partial charge is 0.409 e. The van der Waals surface area contributed by atoms with Crippen LogP contribution in [0.3, 0.4) is 0 Å². The molecule has 0 atom stereocenters. The molecule has 0 saturated carbocycles. The van der Waals surface area contributed by atoms with E-state index in [9.17, 15) is 14.7 Å². The monoisotopic (exact) mass is 670 g/mol. The number of hydrogen-bond acceptors (Lipinski definition) is 5. The second kappa shape index (κ2) is 18.4. The van der Waals surface area contributed by atoms with Gasteiger partial charge in [0.2, 0.25) is 6.41 Å². The van der Waals surface area contributed by atoms with E-state index in [0.29, 0.717) is 32.5 Å². The molecule has 218 valence electrons. The highest BCUT2D eigenvalue weighted by Crippen LogP contribution is 2.35. The number of likely N-dealkylation sites (tertiary alicyclic amines) is 2. The van der Waals surface area contributed by atoms with Crippen LogP contribution in [0.4, 0.5) is 4.79 Å². The molecule has 0 aromatic heterocycles. The largest absolute Gasteiger partial charge is 0.450 e. The number of carbonyl (C=O) groups excluding carboxylic acids is 2. The van der Waals surface area contributed by atoms with E-state index in [4.69, 9.17) is 9.84 Å². The van der Waals surface area contributed by atoms with Gasteiger partial charge in [0.15, 0.2) is 0 Å². The minimum Gasteiger partial charge on any atom is -0.450 e. The fourth-order valence-corrected chi connectivity index (χ4v) is 4.63. The lowest BCUT2D eigenvalue weighted by molar-refractivity contribution is -0.121. The first kappa shape index (κ1) is 35.1. The van der Waals surface area contributed by atoms with Gasteiger partial charge in [-0.1, -0.05) is 69.1 Å². The molecule has 2 aromatic carbocycles. The molecule has 2 amide bonds. The zero-order valence-corrected chi connectivity index (χ0v) is 26.8. The van der Waals surface area contributed by atoms with E-state index in [2.05, 4.69) is 63.0 Å². The van der Waals surface area contributed by atoms with Crippen molar-refractivity contribution in [1.82, 2.24) is 9.80 Å². The number of carbonyl (C=O) groups is 2. The average molecular weight is 672 g/mol. The van der Waals surface area contributed by atoms with Gasteiger partial charge in [0.25, 0.3) is 0 Å². The van der Waals surface area contributed by atoms with Gasteiger partial charge in [0.05, 0.1) is 12.2 Å². The molecule has 7 nitrogen and oxygen atoms in total. The molecule has 9 heteroatoms. The Hall–Kier alpha value is -1.94. The first-order valence-electron chi connectivity index (χ1n) is 13.4. The Morgan fingerprint density at radius 1 is 0.897 bits per heavy atom. The molecule has 2 aliphatic heterocycles. The minimum absolute atomic E-state index is 0.156. The van der Waals surface area contributed by atoms with Crippen molar-refractivity contribution in [1.29, 1.82) is 0 Å². The number of aliphatic hydroxyl groups excluding tert-OH is 1. The summed E-state index contributed by atoms with van der Waals surface area (Å²) in [6, 6.07) is 18.5. The summed E-state index contributed by atoms with van der Waals surface area (Å²) in [7, 11) is 0. The molecule has 0 spiro atoms. The molecule has 2 heterocycles. The molecule has 0 bridgehead atoms. The maximum absolute atomic E-state index is 11.7. The topological polar surface area (TPSA) is 90.3 Å². The Bertz CT molecular complexity index is 940. The Morgan fingerprint density at radius 3 is 1.79 bits per heavy atom. The standard InChI is InChI=1S/C15H20BrNO2.C7H13NO2.C6H5Br.C2H6O/c1-3-19-14(18)17-10-8-15(2,9-11-17)12-4-6-13(16)7-5-12;1-7(10)2-4-8(6-9)5-3-7;7-6-4-2-1-3-5-6;1-2-3/h4-7H,3,8-11H2,1-2H3;6,10H,2-5H2,1H3;1-5H;3H,2H2,1H3.